The van der Waals surface area contributed by atoms with Crippen LogP contribution in [0.2, 0.25) is 0 Å². The van der Waals surface area contributed by atoms with Gasteiger partial charge in [-0.25, -0.2) is 14.5 Å². The van der Waals surface area contributed by atoms with Crippen LogP contribution in [-0.2, 0) is 39.4 Å². The van der Waals surface area contributed by atoms with Crippen LogP contribution in [0.25, 0.3) is 0 Å². The number of esters is 1. The van der Waals surface area contributed by atoms with Crippen LogP contribution in [0.4, 0.5) is 4.79 Å². The fourth-order valence-corrected chi connectivity index (χ4v) is 1.64. The summed E-state index contributed by atoms with van der Waals surface area (Å²) < 4.78 is 14.7. The van der Waals surface area contributed by atoms with Crippen LogP contribution in [0, 0.1) is 0 Å². The van der Waals surface area contributed by atoms with Gasteiger partial charge in [-0.15, -0.1) is 0 Å². The van der Waals surface area contributed by atoms with E-state index in [0.717, 1.165) is 5.56 Å². The lowest BCUT2D eigenvalue weighted by Gasteiger charge is -2.22. The van der Waals surface area contributed by atoms with Crippen molar-refractivity contribution >= 4 is 12.1 Å². The highest BCUT2D eigenvalue weighted by Gasteiger charge is 2.24. The largest absolute Gasteiger partial charge is 0.542 e. The first-order valence-electron chi connectivity index (χ1n) is 7.98. The molecule has 0 aromatic heterocycles. The summed E-state index contributed by atoms with van der Waals surface area (Å²) in [6, 6.07) is 9.30. The minimum absolute atomic E-state index is 0.0568. The van der Waals surface area contributed by atoms with Crippen LogP contribution in [0.3, 0.4) is 0 Å². The van der Waals surface area contributed by atoms with Crippen molar-refractivity contribution in [1.29, 1.82) is 0 Å². The molecule has 1 rings (SSSR count). The van der Waals surface area contributed by atoms with Crippen LogP contribution in [-0.4, -0.2) is 38.6 Å². The molecule has 0 unspecified atom stereocenters. The Labute approximate surface area is 152 Å². The SMILES string of the molecule is C=C(C)C(=O)OCCOCCOC(=O)OOOC(C)(C)c1ccccc1. The molecule has 0 bridgehead atoms. The first-order valence-corrected chi connectivity index (χ1v) is 7.98. The zero-order valence-corrected chi connectivity index (χ0v) is 15.2. The summed E-state index contributed by atoms with van der Waals surface area (Å²) in [7, 11) is 0. The van der Waals surface area contributed by atoms with E-state index >= 15 is 0 Å². The van der Waals surface area contributed by atoms with Gasteiger partial charge < -0.3 is 14.2 Å². The highest BCUT2D eigenvalue weighted by atomic mass is 17.5. The van der Waals surface area contributed by atoms with Gasteiger partial charge >= 0.3 is 12.1 Å². The quantitative estimate of drug-likeness (QED) is 0.194. The Bertz CT molecular complexity index is 582. The molecule has 8 nitrogen and oxygen atoms in total. The zero-order chi connectivity index (χ0) is 19.4. The number of rotatable bonds is 11. The molecule has 0 amide bonds. The van der Waals surface area contributed by atoms with Gasteiger partial charge in [0.15, 0.2) is 0 Å². The van der Waals surface area contributed by atoms with Crippen molar-refractivity contribution in [3.8, 4) is 0 Å². The highest BCUT2D eigenvalue weighted by molar-refractivity contribution is 5.86. The summed E-state index contributed by atoms with van der Waals surface area (Å²) in [4.78, 5) is 31.9. The van der Waals surface area contributed by atoms with Crippen LogP contribution in [0.5, 0.6) is 0 Å². The normalized spacial score (nSPS) is 10.9. The fraction of sp³-hybridized carbons (Fsp3) is 0.444. The van der Waals surface area contributed by atoms with Gasteiger partial charge in [0.2, 0.25) is 0 Å². The second-order valence-electron chi connectivity index (χ2n) is 5.74. The van der Waals surface area contributed by atoms with Gasteiger partial charge in [-0.05, 0) is 31.4 Å². The summed E-state index contributed by atoms with van der Waals surface area (Å²) in [5, 5.41) is 4.48. The fourth-order valence-electron chi connectivity index (χ4n) is 1.64. The molecule has 8 heteroatoms. The van der Waals surface area contributed by atoms with Crippen molar-refractivity contribution < 1.29 is 38.6 Å². The second kappa shape index (κ2) is 11.2. The summed E-state index contributed by atoms with van der Waals surface area (Å²) in [6.07, 6.45) is -1.06. The molecule has 1 aromatic rings. The average molecular weight is 368 g/mol. The highest BCUT2D eigenvalue weighted by Crippen LogP contribution is 2.24. The number of carbonyl (C=O) groups excluding carboxylic acids is 2. The van der Waals surface area contributed by atoms with Crippen LogP contribution in [0.15, 0.2) is 42.5 Å². The van der Waals surface area contributed by atoms with Gasteiger partial charge in [-0.3, -0.25) is 0 Å². The van der Waals surface area contributed by atoms with Gasteiger partial charge in [0.1, 0.15) is 18.8 Å². The summed E-state index contributed by atoms with van der Waals surface area (Å²) in [5.74, 6) is -0.482. The molecular formula is C18H24O8. The van der Waals surface area contributed by atoms with Crippen molar-refractivity contribution in [2.45, 2.75) is 26.4 Å². The minimum atomic E-state index is -1.06. The van der Waals surface area contributed by atoms with Gasteiger partial charge in [-0.1, -0.05) is 36.9 Å². The lowest BCUT2D eigenvalue weighted by Crippen LogP contribution is -2.23. The number of ether oxygens (including phenoxy) is 3. The third-order valence-corrected chi connectivity index (χ3v) is 3.07. The Kier molecular flexibility index (Phi) is 9.35. The average Bonchev–Trinajstić information content (AvgIpc) is 2.61. The molecule has 0 aliphatic carbocycles. The molecule has 1 aromatic carbocycles. The topological polar surface area (TPSA) is 89.5 Å². The predicted molar refractivity (Wildman–Crippen MR) is 90.7 cm³/mol. The third-order valence-electron chi connectivity index (χ3n) is 3.07. The second-order valence-corrected chi connectivity index (χ2v) is 5.74. The van der Waals surface area contributed by atoms with Crippen molar-refractivity contribution in [2.75, 3.05) is 26.4 Å². The standard InChI is InChI=1S/C18H24O8/c1-14(2)16(19)22-12-10-21-11-13-23-17(20)24-26-25-18(3,4)15-8-6-5-7-9-15/h5-9H,1,10-13H2,2-4H3. The van der Waals surface area contributed by atoms with Crippen molar-refractivity contribution in [1.82, 2.24) is 0 Å². The Balaban J connectivity index is 2.07. The lowest BCUT2D eigenvalue weighted by atomic mass is 9.99. The number of hydrogen-bond acceptors (Lipinski definition) is 8. The van der Waals surface area contributed by atoms with E-state index in [4.69, 9.17) is 19.1 Å². The van der Waals surface area contributed by atoms with E-state index in [0.29, 0.717) is 5.57 Å². The first-order chi connectivity index (χ1) is 12.3. The molecule has 0 fully saturated rings. The smallest absolute Gasteiger partial charge is 0.460 e. The molecule has 0 spiro atoms. The third kappa shape index (κ3) is 8.61. The van der Waals surface area contributed by atoms with Gasteiger partial charge in [-0.2, -0.15) is 4.89 Å². The Morgan fingerprint density at radius 1 is 1.00 bits per heavy atom. The van der Waals surface area contributed by atoms with Gasteiger partial charge in [0, 0.05) is 5.57 Å². The summed E-state index contributed by atoms with van der Waals surface area (Å²) in [6.45, 7) is 8.82. The van der Waals surface area contributed by atoms with Crippen molar-refractivity contribution in [3.63, 3.8) is 0 Å². The summed E-state index contributed by atoms with van der Waals surface area (Å²) >= 11 is 0. The van der Waals surface area contributed by atoms with E-state index in [1.54, 1.807) is 20.8 Å². The van der Waals surface area contributed by atoms with E-state index in [1.807, 2.05) is 30.3 Å². The summed E-state index contributed by atoms with van der Waals surface area (Å²) in [5.41, 5.74) is 0.345. The van der Waals surface area contributed by atoms with Crippen LogP contribution < -0.4 is 0 Å². The predicted octanol–water partition coefficient (Wildman–Crippen LogP) is 3.07. The Morgan fingerprint density at radius 3 is 2.23 bits per heavy atom. The van der Waals surface area contributed by atoms with Crippen molar-refractivity contribution in [2.24, 2.45) is 0 Å². The van der Waals surface area contributed by atoms with Crippen LogP contribution >= 0.6 is 0 Å². The van der Waals surface area contributed by atoms with E-state index in [2.05, 4.69) is 16.5 Å². The molecule has 0 saturated heterocycles. The molecule has 0 radical (unpaired) electrons. The Morgan fingerprint density at radius 2 is 1.62 bits per heavy atom. The van der Waals surface area contributed by atoms with E-state index in [1.165, 1.54) is 0 Å². The van der Waals surface area contributed by atoms with Crippen molar-refractivity contribution in [3.05, 3.63) is 48.0 Å². The number of benzene rings is 1. The molecule has 0 saturated carbocycles. The molecule has 26 heavy (non-hydrogen) atoms. The molecule has 0 aliphatic heterocycles. The molecule has 0 aliphatic rings. The molecule has 144 valence electrons. The van der Waals surface area contributed by atoms with Gasteiger partial charge in [0.25, 0.3) is 0 Å². The first kappa shape index (κ1) is 21.6. The van der Waals surface area contributed by atoms with E-state index in [9.17, 15) is 9.59 Å². The molecule has 0 N–H and O–H groups in total. The monoisotopic (exact) mass is 368 g/mol. The molecule has 0 atom stereocenters. The molecular weight excluding hydrogens is 344 g/mol. The van der Waals surface area contributed by atoms with E-state index in [-0.39, 0.29) is 26.4 Å². The zero-order valence-electron chi connectivity index (χ0n) is 15.2. The maximum absolute atomic E-state index is 11.3. The lowest BCUT2D eigenvalue weighted by molar-refractivity contribution is -0.520. The number of hydrogen-bond donors (Lipinski definition) is 0. The van der Waals surface area contributed by atoms with E-state index < -0.39 is 17.7 Å². The molecule has 0 heterocycles. The Hall–Kier alpha value is -2.42. The number of carbonyl (C=O) groups is 2. The van der Waals surface area contributed by atoms with Gasteiger partial charge in [0.05, 0.1) is 13.2 Å². The van der Waals surface area contributed by atoms with Crippen LogP contribution in [0.1, 0.15) is 26.3 Å². The minimum Gasteiger partial charge on any atom is -0.460 e. The maximum atomic E-state index is 11.3. The maximum Gasteiger partial charge on any atom is 0.542 e.